The molecule has 2 aliphatic heterocycles. The van der Waals surface area contributed by atoms with Crippen LogP contribution < -0.4 is 0 Å². The van der Waals surface area contributed by atoms with Gasteiger partial charge in [-0.15, -0.1) is 0 Å². The molecule has 0 radical (unpaired) electrons. The number of nitrogens with zero attached hydrogens (tertiary/aromatic N) is 4. The number of carbonyl (C=O) groups is 2. The summed E-state index contributed by atoms with van der Waals surface area (Å²) < 4.78 is 11.3. The lowest BCUT2D eigenvalue weighted by Gasteiger charge is -2.34. The van der Waals surface area contributed by atoms with E-state index in [4.69, 9.17) is 9.15 Å². The minimum Gasteiger partial charge on any atom is -0.451 e. The average molecular weight is 449 g/mol. The molecule has 33 heavy (non-hydrogen) atoms. The van der Waals surface area contributed by atoms with Crippen LogP contribution in [0.25, 0.3) is 11.0 Å². The first-order chi connectivity index (χ1) is 16.0. The van der Waals surface area contributed by atoms with E-state index in [0.717, 1.165) is 30.2 Å². The second-order valence-corrected chi connectivity index (χ2v) is 8.69. The SMILES string of the molecule is Cc1nc(C2CCCCN2C(=O)c2oc3ccccc3c2C)ncc1C(=O)N1CCOCC1. The van der Waals surface area contributed by atoms with E-state index in [1.165, 1.54) is 0 Å². The van der Waals surface area contributed by atoms with Gasteiger partial charge < -0.3 is 19.0 Å². The summed E-state index contributed by atoms with van der Waals surface area (Å²) in [5.74, 6) is 0.742. The number of hydrogen-bond donors (Lipinski definition) is 0. The molecular weight excluding hydrogens is 420 g/mol. The van der Waals surface area contributed by atoms with Crippen molar-refractivity contribution < 1.29 is 18.7 Å². The summed E-state index contributed by atoms with van der Waals surface area (Å²) in [6.45, 7) is 6.61. The minimum atomic E-state index is -0.245. The number of piperidine rings is 1. The minimum absolute atomic E-state index is 0.0724. The summed E-state index contributed by atoms with van der Waals surface area (Å²) in [6.07, 6.45) is 4.30. The fourth-order valence-corrected chi connectivity index (χ4v) is 4.74. The number of para-hydroxylation sites is 1. The Bertz CT molecular complexity index is 1200. The Morgan fingerprint density at radius 3 is 2.58 bits per heavy atom. The molecule has 0 saturated carbocycles. The Morgan fingerprint density at radius 1 is 1.03 bits per heavy atom. The van der Waals surface area contributed by atoms with E-state index >= 15 is 0 Å². The van der Waals surface area contributed by atoms with Crippen molar-refractivity contribution in [2.75, 3.05) is 32.8 Å². The molecule has 1 unspecified atom stereocenters. The highest BCUT2D eigenvalue weighted by Gasteiger charge is 2.34. The molecule has 3 aromatic rings. The second-order valence-electron chi connectivity index (χ2n) is 8.69. The number of furan rings is 1. The molecule has 2 saturated heterocycles. The van der Waals surface area contributed by atoms with E-state index < -0.39 is 0 Å². The second kappa shape index (κ2) is 8.94. The Labute approximate surface area is 192 Å². The van der Waals surface area contributed by atoms with Crippen LogP contribution in [0.4, 0.5) is 0 Å². The summed E-state index contributed by atoms with van der Waals surface area (Å²) in [6, 6.07) is 7.45. The molecule has 2 amide bonds. The third kappa shape index (κ3) is 3.99. The van der Waals surface area contributed by atoms with Crippen LogP contribution in [0.3, 0.4) is 0 Å². The van der Waals surface area contributed by atoms with Gasteiger partial charge in [0.2, 0.25) is 0 Å². The van der Waals surface area contributed by atoms with Gasteiger partial charge in [0.15, 0.2) is 11.6 Å². The monoisotopic (exact) mass is 448 g/mol. The molecule has 2 fully saturated rings. The van der Waals surface area contributed by atoms with Crippen molar-refractivity contribution in [1.82, 2.24) is 19.8 Å². The van der Waals surface area contributed by atoms with Gasteiger partial charge in [-0.3, -0.25) is 9.59 Å². The predicted molar refractivity (Wildman–Crippen MR) is 122 cm³/mol. The number of amides is 2. The third-order valence-corrected chi connectivity index (χ3v) is 6.63. The number of ether oxygens (including phenoxy) is 1. The zero-order valence-corrected chi connectivity index (χ0v) is 19.0. The van der Waals surface area contributed by atoms with Crippen LogP contribution in [-0.4, -0.2) is 64.4 Å². The van der Waals surface area contributed by atoms with Crippen LogP contribution in [0.5, 0.6) is 0 Å². The summed E-state index contributed by atoms with van der Waals surface area (Å²) in [4.78, 5) is 39.3. The first-order valence-electron chi connectivity index (χ1n) is 11.5. The van der Waals surface area contributed by atoms with Gasteiger partial charge in [0, 0.05) is 36.8 Å². The number of hydrogen-bond acceptors (Lipinski definition) is 6. The van der Waals surface area contributed by atoms with Crippen molar-refractivity contribution >= 4 is 22.8 Å². The molecule has 0 spiro atoms. The highest BCUT2D eigenvalue weighted by atomic mass is 16.5. The third-order valence-electron chi connectivity index (χ3n) is 6.63. The van der Waals surface area contributed by atoms with Crippen LogP contribution >= 0.6 is 0 Å². The molecule has 0 aliphatic carbocycles. The molecule has 0 bridgehead atoms. The van der Waals surface area contributed by atoms with E-state index in [1.54, 1.807) is 11.1 Å². The Balaban J connectivity index is 1.42. The van der Waals surface area contributed by atoms with Gasteiger partial charge in [0.05, 0.1) is 30.5 Å². The van der Waals surface area contributed by atoms with Crippen molar-refractivity contribution in [1.29, 1.82) is 0 Å². The number of fused-ring (bicyclic) bond motifs is 1. The number of rotatable bonds is 3. The fraction of sp³-hybridized carbons (Fsp3) is 0.440. The van der Waals surface area contributed by atoms with Gasteiger partial charge in [-0.2, -0.15) is 0 Å². The lowest BCUT2D eigenvalue weighted by atomic mass is 10.00. The zero-order valence-electron chi connectivity index (χ0n) is 19.0. The van der Waals surface area contributed by atoms with E-state index in [0.29, 0.717) is 61.3 Å². The highest BCUT2D eigenvalue weighted by Crippen LogP contribution is 2.33. The first kappa shape index (κ1) is 21.6. The maximum atomic E-state index is 13.5. The summed E-state index contributed by atoms with van der Waals surface area (Å²) >= 11 is 0. The number of aromatic nitrogens is 2. The van der Waals surface area contributed by atoms with Crippen LogP contribution in [0.1, 0.15) is 63.3 Å². The van der Waals surface area contributed by atoms with Gasteiger partial charge in [0.1, 0.15) is 5.58 Å². The molecular formula is C25H28N4O4. The van der Waals surface area contributed by atoms with Gasteiger partial charge in [-0.25, -0.2) is 9.97 Å². The predicted octanol–water partition coefficient (Wildman–Crippen LogP) is 3.68. The van der Waals surface area contributed by atoms with E-state index in [-0.39, 0.29) is 17.9 Å². The standard InChI is InChI=1S/C25H28N4O4/c1-16-18-7-3-4-9-21(18)33-22(16)25(31)29-10-6-5-8-20(29)23-26-15-19(17(2)27-23)24(30)28-11-13-32-14-12-28/h3-4,7,9,15,20H,5-6,8,10-14H2,1-2H3. The fourth-order valence-electron chi connectivity index (χ4n) is 4.74. The van der Waals surface area contributed by atoms with Crippen molar-refractivity contribution in [3.63, 3.8) is 0 Å². The molecule has 4 heterocycles. The molecule has 172 valence electrons. The Morgan fingerprint density at radius 2 is 1.82 bits per heavy atom. The quantitative estimate of drug-likeness (QED) is 0.607. The molecule has 0 N–H and O–H groups in total. The maximum Gasteiger partial charge on any atom is 0.290 e. The van der Waals surface area contributed by atoms with Crippen LogP contribution in [0.2, 0.25) is 0 Å². The Hall–Kier alpha value is -3.26. The van der Waals surface area contributed by atoms with Crippen molar-refractivity contribution in [3.05, 3.63) is 58.9 Å². The highest BCUT2D eigenvalue weighted by molar-refractivity contribution is 5.99. The lowest BCUT2D eigenvalue weighted by molar-refractivity contribution is 0.0301. The number of benzene rings is 1. The molecule has 8 nitrogen and oxygen atoms in total. The first-order valence-corrected chi connectivity index (χ1v) is 11.5. The number of carbonyl (C=O) groups excluding carboxylic acids is 2. The number of morpholine rings is 1. The van der Waals surface area contributed by atoms with Gasteiger partial charge >= 0.3 is 0 Å². The molecule has 2 aliphatic rings. The normalized spacial score (nSPS) is 19.2. The summed E-state index contributed by atoms with van der Waals surface area (Å²) in [7, 11) is 0. The maximum absolute atomic E-state index is 13.5. The smallest absolute Gasteiger partial charge is 0.290 e. The zero-order chi connectivity index (χ0) is 22.9. The van der Waals surface area contributed by atoms with Crippen LogP contribution in [0.15, 0.2) is 34.9 Å². The molecule has 8 heteroatoms. The van der Waals surface area contributed by atoms with E-state index in [9.17, 15) is 9.59 Å². The molecule has 1 aromatic carbocycles. The molecule has 5 rings (SSSR count). The summed E-state index contributed by atoms with van der Waals surface area (Å²) in [5.41, 5.74) is 2.70. The van der Waals surface area contributed by atoms with Crippen molar-refractivity contribution in [2.24, 2.45) is 0 Å². The molecule has 1 atom stereocenters. The number of aryl methyl sites for hydroxylation is 2. The van der Waals surface area contributed by atoms with Crippen LogP contribution in [-0.2, 0) is 4.74 Å². The van der Waals surface area contributed by atoms with Crippen molar-refractivity contribution in [3.8, 4) is 0 Å². The largest absolute Gasteiger partial charge is 0.451 e. The topological polar surface area (TPSA) is 88.8 Å². The number of likely N-dealkylation sites (tertiary alicyclic amines) is 1. The van der Waals surface area contributed by atoms with E-state index in [1.807, 2.05) is 43.0 Å². The lowest BCUT2D eigenvalue weighted by Crippen LogP contribution is -2.41. The molecule has 2 aromatic heterocycles. The van der Waals surface area contributed by atoms with Crippen LogP contribution in [0, 0.1) is 13.8 Å². The Kier molecular flexibility index (Phi) is 5.85. The van der Waals surface area contributed by atoms with Crippen molar-refractivity contribution in [2.45, 2.75) is 39.2 Å². The van der Waals surface area contributed by atoms with Gasteiger partial charge in [-0.1, -0.05) is 18.2 Å². The van der Waals surface area contributed by atoms with E-state index in [2.05, 4.69) is 9.97 Å². The van der Waals surface area contributed by atoms with Gasteiger partial charge in [-0.05, 0) is 39.2 Å². The van der Waals surface area contributed by atoms with Gasteiger partial charge in [0.25, 0.3) is 11.8 Å². The average Bonchev–Trinajstić information content (AvgIpc) is 3.20. The summed E-state index contributed by atoms with van der Waals surface area (Å²) in [5, 5.41) is 0.951.